The smallest absolute Gasteiger partial charge is 0.394 e. The highest BCUT2D eigenvalue weighted by Crippen LogP contribution is 2.51. The lowest BCUT2D eigenvalue weighted by atomic mass is 9.99. The lowest BCUT2D eigenvalue weighted by Crippen LogP contribution is -2.29. The summed E-state index contributed by atoms with van der Waals surface area (Å²) in [5.41, 5.74) is 11.6. The van der Waals surface area contributed by atoms with Gasteiger partial charge in [-0.25, -0.2) is 24.5 Å². The molecular formula is C22H29N10O11P2+. The number of aromatic amines is 1. The zero-order valence-electron chi connectivity index (χ0n) is 23.4. The molecule has 0 bridgehead atoms. The van der Waals surface area contributed by atoms with E-state index in [1.54, 1.807) is 11.5 Å². The number of aliphatic hydroxyl groups excluding tert-OH is 1. The highest BCUT2D eigenvalue weighted by molar-refractivity contribution is 7.47. The molecule has 9 unspecified atom stereocenters. The molecule has 23 heteroatoms. The van der Waals surface area contributed by atoms with Crippen molar-refractivity contribution in [3.8, 4) is 0 Å². The van der Waals surface area contributed by atoms with E-state index >= 15 is 0 Å². The van der Waals surface area contributed by atoms with Crippen LogP contribution in [-0.2, 0) is 32.2 Å². The lowest BCUT2D eigenvalue weighted by Gasteiger charge is -2.25. The summed E-state index contributed by atoms with van der Waals surface area (Å²) in [7, 11) is -8.00. The zero-order chi connectivity index (χ0) is 32.0. The molecule has 6 heterocycles. The van der Waals surface area contributed by atoms with Gasteiger partial charge in [-0.15, -0.1) is 9.42 Å². The van der Waals surface area contributed by atoms with Gasteiger partial charge in [0.05, 0.1) is 38.1 Å². The summed E-state index contributed by atoms with van der Waals surface area (Å²) in [6.07, 6.45) is -2.45. The number of fused-ring (bicyclic) bond motifs is 2. The summed E-state index contributed by atoms with van der Waals surface area (Å²) < 4.78 is 56.2. The SMILES string of the molecule is CC1C(O[P+](=O)O)CC(OP(=O)(O)OC2CC(CO)OC2n2cnc3c(=O)[nH]c(N)nc32)COC1n1cnc2c(N)ncnc21. The second kappa shape index (κ2) is 12.4. The monoisotopic (exact) mass is 671 g/mol. The fraction of sp³-hybridized carbons (Fsp3) is 0.545. The molecule has 21 nitrogen and oxygen atoms in total. The van der Waals surface area contributed by atoms with E-state index in [0.29, 0.717) is 11.2 Å². The number of hydrogen-bond acceptors (Lipinski definition) is 16. The molecule has 0 saturated carbocycles. The number of ether oxygens (including phenoxy) is 2. The number of aliphatic hydroxyl groups is 1. The Balaban J connectivity index is 1.23. The molecular weight excluding hydrogens is 642 g/mol. The topological polar surface area (TPSA) is 300 Å². The number of anilines is 2. The quantitative estimate of drug-likeness (QED) is 0.126. The van der Waals surface area contributed by atoms with Gasteiger partial charge in [0.1, 0.15) is 30.3 Å². The Kier molecular flexibility index (Phi) is 8.65. The van der Waals surface area contributed by atoms with E-state index in [1.165, 1.54) is 23.5 Å². The van der Waals surface area contributed by atoms with Crippen LogP contribution in [0.2, 0.25) is 0 Å². The molecule has 4 aromatic rings. The zero-order valence-corrected chi connectivity index (χ0v) is 25.2. The molecule has 242 valence electrons. The van der Waals surface area contributed by atoms with E-state index in [-0.39, 0.29) is 42.4 Å². The van der Waals surface area contributed by atoms with Gasteiger partial charge < -0.3 is 30.9 Å². The molecule has 0 aliphatic carbocycles. The number of rotatable bonds is 9. The van der Waals surface area contributed by atoms with Gasteiger partial charge in [-0.1, -0.05) is 6.92 Å². The minimum atomic E-state index is -4.93. The molecule has 2 aliphatic rings. The molecule has 0 radical (unpaired) electrons. The molecule has 45 heavy (non-hydrogen) atoms. The number of nitrogens with two attached hydrogens (primary N) is 2. The average molecular weight is 671 g/mol. The summed E-state index contributed by atoms with van der Waals surface area (Å²) >= 11 is 0. The van der Waals surface area contributed by atoms with Crippen LogP contribution in [0.25, 0.3) is 22.3 Å². The third kappa shape index (κ3) is 6.32. The standard InChI is InChI=1S/C22H28N10O11P2/c1-9-12(41-44(35)36)3-11(5-39-20(9)31-7-27-14-16(23)25-6-26-17(14)31)42-45(37,38)43-13-2-10(4-33)40-21(13)32-8-28-15-18(32)29-22(24)30-19(15)34/h6-13,20-21,33H,2-5H2,1H3,(H6-,23,24,25,26,29,30,34,35,36,37,38)/p+1. The van der Waals surface area contributed by atoms with Crippen LogP contribution in [0.15, 0.2) is 23.8 Å². The van der Waals surface area contributed by atoms with E-state index in [4.69, 9.17) is 34.5 Å². The first-order valence-corrected chi connectivity index (χ1v) is 16.1. The lowest BCUT2D eigenvalue weighted by molar-refractivity contribution is -0.0640. The number of phosphoric ester groups is 1. The van der Waals surface area contributed by atoms with E-state index < -0.39 is 71.0 Å². The molecule has 0 aromatic carbocycles. The number of H-pyrrole nitrogens is 1. The van der Waals surface area contributed by atoms with Crippen LogP contribution in [0.4, 0.5) is 11.8 Å². The fourth-order valence-electron chi connectivity index (χ4n) is 5.49. The highest BCUT2D eigenvalue weighted by atomic mass is 31.2. The van der Waals surface area contributed by atoms with Crippen molar-refractivity contribution < 1.29 is 47.1 Å². The van der Waals surface area contributed by atoms with Gasteiger partial charge in [0.2, 0.25) is 5.95 Å². The Morgan fingerprint density at radius 2 is 1.82 bits per heavy atom. The normalized spacial score (nSPS) is 29.2. The minimum Gasteiger partial charge on any atom is -0.394 e. The van der Waals surface area contributed by atoms with Crippen LogP contribution in [0.1, 0.15) is 32.2 Å². The van der Waals surface area contributed by atoms with Gasteiger partial charge in [-0.05, 0) is 0 Å². The Hall–Kier alpha value is -3.49. The summed E-state index contributed by atoms with van der Waals surface area (Å²) in [6, 6.07) is 0. The molecule has 2 fully saturated rings. The summed E-state index contributed by atoms with van der Waals surface area (Å²) in [4.78, 5) is 55.5. The molecule has 2 saturated heterocycles. The van der Waals surface area contributed by atoms with Crippen molar-refractivity contribution in [1.29, 1.82) is 0 Å². The van der Waals surface area contributed by atoms with Crippen molar-refractivity contribution >= 4 is 50.2 Å². The Bertz CT molecular complexity index is 1830. The summed E-state index contributed by atoms with van der Waals surface area (Å²) in [6.45, 7) is 0.981. The predicted octanol–water partition coefficient (Wildman–Crippen LogP) is -0.136. The van der Waals surface area contributed by atoms with Crippen molar-refractivity contribution in [2.24, 2.45) is 5.92 Å². The van der Waals surface area contributed by atoms with E-state index in [0.717, 1.165) is 0 Å². The van der Waals surface area contributed by atoms with Gasteiger partial charge in [0, 0.05) is 23.3 Å². The molecule has 8 N–H and O–H groups in total. The first-order chi connectivity index (χ1) is 21.4. The van der Waals surface area contributed by atoms with Crippen molar-refractivity contribution in [2.75, 3.05) is 24.7 Å². The van der Waals surface area contributed by atoms with Crippen LogP contribution in [0.5, 0.6) is 0 Å². The molecule has 0 spiro atoms. The van der Waals surface area contributed by atoms with Gasteiger partial charge in [-0.2, -0.15) is 4.98 Å². The third-order valence-corrected chi connectivity index (χ3v) is 9.05. The first kappa shape index (κ1) is 31.5. The van der Waals surface area contributed by atoms with Crippen molar-refractivity contribution in [2.45, 2.75) is 56.6 Å². The number of nitrogen functional groups attached to an aromatic ring is 2. The fourth-order valence-corrected chi connectivity index (χ4v) is 7.10. The summed E-state index contributed by atoms with van der Waals surface area (Å²) in [5.74, 6) is -0.674. The summed E-state index contributed by atoms with van der Waals surface area (Å²) in [5, 5.41) is 9.75. The number of hydrogen-bond donors (Lipinski definition) is 6. The second-order valence-corrected chi connectivity index (χ2v) is 12.5. The molecule has 9 atom stereocenters. The number of phosphoric acid groups is 1. The van der Waals surface area contributed by atoms with Crippen molar-refractivity contribution in [1.82, 2.24) is 39.0 Å². The van der Waals surface area contributed by atoms with Crippen LogP contribution >= 0.6 is 16.1 Å². The maximum atomic E-state index is 13.4. The minimum absolute atomic E-state index is 0.0245. The van der Waals surface area contributed by atoms with Crippen LogP contribution in [-0.4, -0.2) is 91.6 Å². The highest BCUT2D eigenvalue weighted by Gasteiger charge is 2.46. The van der Waals surface area contributed by atoms with E-state index in [2.05, 4.69) is 29.9 Å². The predicted molar refractivity (Wildman–Crippen MR) is 151 cm³/mol. The van der Waals surface area contributed by atoms with Gasteiger partial charge in [0.25, 0.3) is 5.56 Å². The Labute approximate surface area is 253 Å². The molecule has 4 aromatic heterocycles. The van der Waals surface area contributed by atoms with Gasteiger partial charge >= 0.3 is 16.1 Å². The van der Waals surface area contributed by atoms with Crippen molar-refractivity contribution in [3.63, 3.8) is 0 Å². The van der Waals surface area contributed by atoms with E-state index in [1.807, 2.05) is 0 Å². The van der Waals surface area contributed by atoms with Gasteiger partial charge in [0.15, 0.2) is 28.9 Å². The van der Waals surface area contributed by atoms with Gasteiger partial charge in [-0.3, -0.25) is 28.0 Å². The largest absolute Gasteiger partial charge is 0.695 e. The number of nitrogens with zero attached hydrogens (tertiary/aromatic N) is 7. The van der Waals surface area contributed by atoms with Crippen LogP contribution in [0, 0.1) is 5.92 Å². The third-order valence-electron chi connectivity index (χ3n) is 7.50. The van der Waals surface area contributed by atoms with Crippen molar-refractivity contribution in [3.05, 3.63) is 29.3 Å². The molecule has 0 amide bonds. The Morgan fingerprint density at radius 3 is 2.56 bits per heavy atom. The maximum Gasteiger partial charge on any atom is 0.695 e. The van der Waals surface area contributed by atoms with Crippen LogP contribution < -0.4 is 17.0 Å². The molecule has 6 rings (SSSR count). The molecule has 2 aliphatic heterocycles. The number of imidazole rings is 2. The maximum absolute atomic E-state index is 13.4. The number of nitrogens with one attached hydrogen (secondary N) is 1. The Morgan fingerprint density at radius 1 is 1.09 bits per heavy atom. The first-order valence-electron chi connectivity index (χ1n) is 13.5. The average Bonchev–Trinajstić information content (AvgIpc) is 3.67. The van der Waals surface area contributed by atoms with Crippen LogP contribution in [0.3, 0.4) is 0 Å². The second-order valence-electron chi connectivity index (χ2n) is 10.5. The number of aromatic nitrogens is 8. The van der Waals surface area contributed by atoms with E-state index in [9.17, 15) is 28.8 Å².